The first-order chi connectivity index (χ1) is 21.1. The third-order valence-corrected chi connectivity index (χ3v) is 11.5. The number of benzene rings is 2. The molecular weight excluding hydrogens is 612 g/mol. The number of ether oxygens (including phenoxy) is 2. The van der Waals surface area contributed by atoms with Crippen molar-refractivity contribution in [2.24, 2.45) is 0 Å². The Morgan fingerprint density at radius 3 is 1.18 bits per heavy atom. The van der Waals surface area contributed by atoms with Crippen LogP contribution < -0.4 is 10.6 Å². The summed E-state index contributed by atoms with van der Waals surface area (Å²) >= 11 is 0. The van der Waals surface area contributed by atoms with Crippen molar-refractivity contribution >= 4 is 43.2 Å². The molecule has 0 saturated carbocycles. The number of carbonyl (C=O) groups excluding carboxylic acids is 2. The molecule has 44 heavy (non-hydrogen) atoms. The SMILES string of the molecule is O=C(CN1CCN(CC(=O)Nc2ccc(S(=O)(=O)N3CCOCC3)cc2)CC1)Nc1ccc(S(=O)(=O)N2CCOCC2)cc1. The molecule has 2 amide bonds. The first kappa shape index (κ1) is 32.4. The van der Waals surface area contributed by atoms with Crippen LogP contribution in [0.15, 0.2) is 58.3 Å². The van der Waals surface area contributed by atoms with Crippen molar-refractivity contribution in [2.75, 3.05) is 103 Å². The van der Waals surface area contributed by atoms with Crippen LogP contribution >= 0.6 is 0 Å². The van der Waals surface area contributed by atoms with Gasteiger partial charge in [-0.2, -0.15) is 8.61 Å². The number of hydrogen-bond donors (Lipinski definition) is 2. The van der Waals surface area contributed by atoms with Crippen molar-refractivity contribution in [1.82, 2.24) is 18.4 Å². The number of sulfonamides is 2. The van der Waals surface area contributed by atoms with Crippen LogP contribution in [0.2, 0.25) is 0 Å². The Kier molecular flexibility index (Phi) is 10.6. The molecule has 3 heterocycles. The maximum atomic E-state index is 12.8. The summed E-state index contributed by atoms with van der Waals surface area (Å²) in [6, 6.07) is 12.3. The molecule has 0 spiro atoms. The van der Waals surface area contributed by atoms with Crippen molar-refractivity contribution in [2.45, 2.75) is 9.79 Å². The molecule has 0 bridgehead atoms. The summed E-state index contributed by atoms with van der Waals surface area (Å²) in [6.07, 6.45) is 0. The molecule has 3 fully saturated rings. The van der Waals surface area contributed by atoms with Gasteiger partial charge < -0.3 is 20.1 Å². The number of nitrogens with zero attached hydrogens (tertiary/aromatic N) is 4. The summed E-state index contributed by atoms with van der Waals surface area (Å²) < 4.78 is 64.4. The third-order valence-electron chi connectivity index (χ3n) is 7.69. The van der Waals surface area contributed by atoms with Crippen LogP contribution in [-0.2, 0) is 39.1 Å². The molecule has 0 radical (unpaired) electrons. The fourth-order valence-electron chi connectivity index (χ4n) is 5.21. The van der Waals surface area contributed by atoms with Crippen LogP contribution in [0.3, 0.4) is 0 Å². The van der Waals surface area contributed by atoms with E-state index in [0.717, 1.165) is 0 Å². The summed E-state index contributed by atoms with van der Waals surface area (Å²) in [5.41, 5.74) is 1.02. The zero-order valence-corrected chi connectivity index (χ0v) is 26.0. The number of amides is 2. The Balaban J connectivity index is 1.03. The quantitative estimate of drug-likeness (QED) is 0.357. The fourth-order valence-corrected chi connectivity index (χ4v) is 8.02. The van der Waals surface area contributed by atoms with Gasteiger partial charge in [0.1, 0.15) is 0 Å². The molecule has 5 rings (SSSR count). The summed E-state index contributed by atoms with van der Waals surface area (Å²) in [7, 11) is -7.20. The van der Waals surface area contributed by atoms with Gasteiger partial charge in [0.15, 0.2) is 0 Å². The molecule has 240 valence electrons. The number of nitrogens with one attached hydrogen (secondary N) is 2. The minimum Gasteiger partial charge on any atom is -0.379 e. The highest BCUT2D eigenvalue weighted by molar-refractivity contribution is 7.89. The fraction of sp³-hybridized carbons (Fsp3) is 0.500. The highest BCUT2D eigenvalue weighted by atomic mass is 32.2. The predicted octanol–water partition coefficient (Wildman–Crippen LogP) is -0.0768. The second-order valence-electron chi connectivity index (χ2n) is 10.7. The van der Waals surface area contributed by atoms with Crippen molar-refractivity contribution in [3.8, 4) is 0 Å². The first-order valence-electron chi connectivity index (χ1n) is 14.5. The van der Waals surface area contributed by atoms with Gasteiger partial charge in [0.25, 0.3) is 0 Å². The normalized spacial score (nSPS) is 19.8. The Morgan fingerprint density at radius 2 is 0.864 bits per heavy atom. The van der Waals surface area contributed by atoms with Crippen molar-refractivity contribution < 1.29 is 35.9 Å². The zero-order valence-electron chi connectivity index (χ0n) is 24.4. The van der Waals surface area contributed by atoms with E-state index in [1.807, 2.05) is 9.80 Å². The summed E-state index contributed by atoms with van der Waals surface area (Å²) in [6.45, 7) is 5.51. The Morgan fingerprint density at radius 1 is 0.545 bits per heavy atom. The van der Waals surface area contributed by atoms with Gasteiger partial charge in [0.05, 0.1) is 49.3 Å². The zero-order chi connectivity index (χ0) is 31.2. The molecule has 0 aromatic heterocycles. The van der Waals surface area contributed by atoms with Crippen LogP contribution in [0.1, 0.15) is 0 Å². The van der Waals surface area contributed by atoms with E-state index in [4.69, 9.17) is 9.47 Å². The van der Waals surface area contributed by atoms with Crippen molar-refractivity contribution in [1.29, 1.82) is 0 Å². The molecule has 14 nitrogen and oxygen atoms in total. The Labute approximate surface area is 258 Å². The summed E-state index contributed by atoms with van der Waals surface area (Å²) in [4.78, 5) is 29.6. The van der Waals surface area contributed by atoms with E-state index in [2.05, 4.69) is 10.6 Å². The van der Waals surface area contributed by atoms with Crippen LogP contribution in [0.5, 0.6) is 0 Å². The van der Waals surface area contributed by atoms with Gasteiger partial charge >= 0.3 is 0 Å². The van der Waals surface area contributed by atoms with Gasteiger partial charge in [-0.05, 0) is 48.5 Å². The molecule has 0 unspecified atom stereocenters. The average molecular weight is 651 g/mol. The van der Waals surface area contributed by atoms with Gasteiger partial charge in [0.2, 0.25) is 31.9 Å². The minimum atomic E-state index is -3.60. The van der Waals surface area contributed by atoms with Crippen LogP contribution in [0.4, 0.5) is 11.4 Å². The lowest BCUT2D eigenvalue weighted by atomic mass is 10.3. The largest absolute Gasteiger partial charge is 0.379 e. The standard InChI is InChI=1S/C28H38N6O8S2/c35-27(29-23-1-5-25(6-2-23)43(37,38)33-13-17-41-18-14-33)21-31-9-11-32(12-10-31)22-28(36)30-24-3-7-26(8-4-24)44(39,40)34-15-19-42-20-16-34/h1-8H,9-22H2,(H,29,35)(H,30,36). The van der Waals surface area contributed by atoms with Crippen LogP contribution in [-0.4, -0.2) is 139 Å². The van der Waals surface area contributed by atoms with Gasteiger partial charge in [-0.1, -0.05) is 0 Å². The Hall–Kier alpha value is -2.96. The summed E-state index contributed by atoms with van der Waals surface area (Å²) in [5.74, 6) is -0.418. The highest BCUT2D eigenvalue weighted by Crippen LogP contribution is 2.21. The number of rotatable bonds is 10. The maximum absolute atomic E-state index is 12.8. The molecule has 2 aromatic carbocycles. The molecule has 2 N–H and O–H groups in total. The van der Waals surface area contributed by atoms with Crippen LogP contribution in [0, 0.1) is 0 Å². The molecule has 0 atom stereocenters. The van der Waals surface area contributed by atoms with E-state index < -0.39 is 20.0 Å². The lowest BCUT2D eigenvalue weighted by Crippen LogP contribution is -2.50. The Bertz CT molecular complexity index is 1380. The van der Waals surface area contributed by atoms with Gasteiger partial charge in [-0.3, -0.25) is 19.4 Å². The molecule has 3 saturated heterocycles. The third kappa shape index (κ3) is 8.19. The lowest BCUT2D eigenvalue weighted by Gasteiger charge is -2.33. The molecule has 3 aliphatic heterocycles. The second kappa shape index (κ2) is 14.4. The molecule has 0 aliphatic carbocycles. The number of carbonyl (C=O) groups is 2. The number of anilines is 2. The topological polar surface area (TPSA) is 158 Å². The van der Waals surface area contributed by atoms with E-state index in [1.165, 1.54) is 32.9 Å². The highest BCUT2D eigenvalue weighted by Gasteiger charge is 2.28. The number of morpholine rings is 2. The van der Waals surface area contributed by atoms with E-state index in [-0.39, 0.29) is 34.7 Å². The number of hydrogen-bond acceptors (Lipinski definition) is 10. The van der Waals surface area contributed by atoms with Crippen molar-refractivity contribution in [3.63, 3.8) is 0 Å². The van der Waals surface area contributed by atoms with Crippen molar-refractivity contribution in [3.05, 3.63) is 48.5 Å². The van der Waals surface area contributed by atoms with E-state index >= 15 is 0 Å². The number of piperazine rings is 1. The molecule has 2 aromatic rings. The van der Waals surface area contributed by atoms with Crippen LogP contribution in [0.25, 0.3) is 0 Å². The predicted molar refractivity (Wildman–Crippen MR) is 162 cm³/mol. The van der Waals surface area contributed by atoms with Gasteiger partial charge in [-0.25, -0.2) is 16.8 Å². The van der Waals surface area contributed by atoms with E-state index in [0.29, 0.717) is 90.2 Å². The maximum Gasteiger partial charge on any atom is 0.243 e. The molecule has 16 heteroatoms. The van der Waals surface area contributed by atoms with E-state index in [1.54, 1.807) is 24.3 Å². The smallest absolute Gasteiger partial charge is 0.243 e. The van der Waals surface area contributed by atoms with Gasteiger partial charge in [-0.15, -0.1) is 0 Å². The average Bonchev–Trinajstić information content (AvgIpc) is 3.03. The monoisotopic (exact) mass is 650 g/mol. The second-order valence-corrected chi connectivity index (χ2v) is 14.6. The van der Waals surface area contributed by atoms with E-state index in [9.17, 15) is 26.4 Å². The summed E-state index contributed by atoms with van der Waals surface area (Å²) in [5, 5.41) is 5.63. The first-order valence-corrected chi connectivity index (χ1v) is 17.4. The molecule has 3 aliphatic rings. The molecular formula is C28H38N6O8S2. The minimum absolute atomic E-state index is 0.172. The van der Waals surface area contributed by atoms with Gasteiger partial charge in [0, 0.05) is 63.7 Å². The lowest BCUT2D eigenvalue weighted by molar-refractivity contribution is -0.120.